The molecule has 2 aliphatic rings. The van der Waals surface area contributed by atoms with Crippen LogP contribution in [-0.2, 0) is 26.2 Å². The van der Waals surface area contributed by atoms with Gasteiger partial charge in [-0.2, -0.15) is 17.0 Å². The van der Waals surface area contributed by atoms with Gasteiger partial charge in [-0.25, -0.2) is 0 Å². The SMILES string of the molecule is C[C@@H]1CN(S(=O)(=O)N2CCN(C(=O)CCc3cccs3)CC2)C[C@@H](C)O1. The second kappa shape index (κ2) is 8.35. The van der Waals surface area contributed by atoms with Crippen molar-refractivity contribution in [3.63, 3.8) is 0 Å². The largest absolute Gasteiger partial charge is 0.373 e. The molecule has 0 aromatic carbocycles. The summed E-state index contributed by atoms with van der Waals surface area (Å²) < 4.78 is 34.4. The van der Waals surface area contributed by atoms with Crippen LogP contribution in [0.4, 0.5) is 0 Å². The molecule has 1 amide bonds. The predicted octanol–water partition coefficient (Wildman–Crippen LogP) is 1.18. The maximum atomic E-state index is 12.9. The third-order valence-electron chi connectivity index (χ3n) is 4.80. The van der Waals surface area contributed by atoms with E-state index in [0.717, 1.165) is 6.42 Å². The van der Waals surface area contributed by atoms with Crippen LogP contribution in [0.1, 0.15) is 25.1 Å². The van der Waals surface area contributed by atoms with E-state index in [9.17, 15) is 13.2 Å². The summed E-state index contributed by atoms with van der Waals surface area (Å²) >= 11 is 1.66. The lowest BCUT2D eigenvalue weighted by molar-refractivity contribution is -0.132. The summed E-state index contributed by atoms with van der Waals surface area (Å²) in [5.74, 6) is 0.101. The molecular formula is C17H27N3O4S2. The van der Waals surface area contributed by atoms with E-state index in [2.05, 4.69) is 0 Å². The molecule has 0 bridgehead atoms. The average Bonchev–Trinajstić information content (AvgIpc) is 3.12. The Hall–Kier alpha value is -1.00. The maximum absolute atomic E-state index is 12.9. The minimum Gasteiger partial charge on any atom is -0.373 e. The normalized spacial score (nSPS) is 26.2. The van der Waals surface area contributed by atoms with E-state index in [1.807, 2.05) is 31.4 Å². The molecule has 0 saturated carbocycles. The van der Waals surface area contributed by atoms with Crippen molar-refractivity contribution in [2.24, 2.45) is 0 Å². The topological polar surface area (TPSA) is 70.2 Å². The number of morpholine rings is 1. The third-order valence-corrected chi connectivity index (χ3v) is 7.70. The monoisotopic (exact) mass is 401 g/mol. The average molecular weight is 402 g/mol. The Labute approximate surface area is 159 Å². The van der Waals surface area contributed by atoms with E-state index in [0.29, 0.717) is 45.7 Å². The highest BCUT2D eigenvalue weighted by Crippen LogP contribution is 2.19. The third kappa shape index (κ3) is 4.64. The highest BCUT2D eigenvalue weighted by atomic mass is 32.2. The molecule has 2 atom stereocenters. The number of nitrogens with zero attached hydrogens (tertiary/aromatic N) is 3. The highest BCUT2D eigenvalue weighted by Gasteiger charge is 2.37. The minimum absolute atomic E-state index is 0.101. The number of thiophene rings is 1. The molecule has 2 aliphatic heterocycles. The standard InChI is InChI=1S/C17H27N3O4S2/c1-14-12-20(13-15(2)24-14)26(22,23)19-9-7-18(8-10-19)17(21)6-5-16-4-3-11-25-16/h3-4,11,14-15H,5-10,12-13H2,1-2H3/t14-,15-/m1/s1. The molecule has 0 N–H and O–H groups in total. The lowest BCUT2D eigenvalue weighted by Crippen LogP contribution is -2.57. The van der Waals surface area contributed by atoms with Crippen molar-refractivity contribution in [2.75, 3.05) is 39.3 Å². The highest BCUT2D eigenvalue weighted by molar-refractivity contribution is 7.86. The summed E-state index contributed by atoms with van der Waals surface area (Å²) in [5.41, 5.74) is 0. The number of piperazine rings is 1. The van der Waals surface area contributed by atoms with Gasteiger partial charge < -0.3 is 9.64 Å². The number of rotatable bonds is 5. The summed E-state index contributed by atoms with van der Waals surface area (Å²) in [6.45, 7) is 6.17. The van der Waals surface area contributed by atoms with E-state index in [1.165, 1.54) is 13.5 Å². The van der Waals surface area contributed by atoms with Gasteiger partial charge in [-0.3, -0.25) is 4.79 Å². The Morgan fingerprint density at radius 1 is 1.15 bits per heavy atom. The number of carbonyl (C=O) groups excluding carboxylic acids is 1. The van der Waals surface area contributed by atoms with Crippen LogP contribution in [0, 0.1) is 0 Å². The Morgan fingerprint density at radius 3 is 2.38 bits per heavy atom. The number of amides is 1. The fourth-order valence-electron chi connectivity index (χ4n) is 3.49. The van der Waals surface area contributed by atoms with E-state index in [4.69, 9.17) is 4.74 Å². The predicted molar refractivity (Wildman–Crippen MR) is 101 cm³/mol. The van der Waals surface area contributed by atoms with E-state index in [1.54, 1.807) is 16.2 Å². The molecule has 0 spiro atoms. The molecule has 1 aromatic rings. The molecule has 2 fully saturated rings. The van der Waals surface area contributed by atoms with Gasteiger partial charge in [0.25, 0.3) is 10.2 Å². The van der Waals surface area contributed by atoms with Gasteiger partial charge in [0.1, 0.15) is 0 Å². The number of carbonyl (C=O) groups is 1. The van der Waals surface area contributed by atoms with Crippen molar-refractivity contribution in [3.8, 4) is 0 Å². The number of hydrogen-bond acceptors (Lipinski definition) is 5. The molecular weight excluding hydrogens is 374 g/mol. The van der Waals surface area contributed by atoms with Crippen molar-refractivity contribution in [2.45, 2.75) is 38.9 Å². The van der Waals surface area contributed by atoms with E-state index < -0.39 is 10.2 Å². The van der Waals surface area contributed by atoms with Crippen LogP contribution in [-0.4, -0.2) is 79.3 Å². The summed E-state index contributed by atoms with van der Waals surface area (Å²) in [6.07, 6.45) is 1.02. The first-order valence-corrected chi connectivity index (χ1v) is 11.3. The molecule has 2 saturated heterocycles. The first-order chi connectivity index (χ1) is 12.4. The first kappa shape index (κ1) is 19.8. The minimum atomic E-state index is -3.50. The van der Waals surface area contributed by atoms with Crippen molar-refractivity contribution in [1.82, 2.24) is 13.5 Å². The molecule has 7 nitrogen and oxygen atoms in total. The number of ether oxygens (including phenoxy) is 1. The van der Waals surface area contributed by atoms with Crippen molar-refractivity contribution < 1.29 is 17.9 Å². The molecule has 0 unspecified atom stereocenters. The molecule has 9 heteroatoms. The van der Waals surface area contributed by atoms with Crippen molar-refractivity contribution in [1.29, 1.82) is 0 Å². The zero-order chi connectivity index (χ0) is 18.7. The molecule has 0 aliphatic carbocycles. The second-order valence-electron chi connectivity index (χ2n) is 6.94. The number of hydrogen-bond donors (Lipinski definition) is 0. The van der Waals surface area contributed by atoms with Crippen LogP contribution in [0.5, 0.6) is 0 Å². The smallest absolute Gasteiger partial charge is 0.282 e. The zero-order valence-corrected chi connectivity index (χ0v) is 17.0. The van der Waals surface area contributed by atoms with Crippen LogP contribution in [0.15, 0.2) is 17.5 Å². The van der Waals surface area contributed by atoms with E-state index >= 15 is 0 Å². The number of aryl methyl sites for hydroxylation is 1. The molecule has 3 heterocycles. The zero-order valence-electron chi connectivity index (χ0n) is 15.3. The van der Waals surface area contributed by atoms with Crippen molar-refractivity contribution >= 4 is 27.5 Å². The van der Waals surface area contributed by atoms with Crippen molar-refractivity contribution in [3.05, 3.63) is 22.4 Å². The van der Waals surface area contributed by atoms with Gasteiger partial charge in [0.15, 0.2) is 0 Å². The van der Waals surface area contributed by atoms with Gasteiger partial charge in [-0.1, -0.05) is 6.07 Å². The fourth-order valence-corrected chi connectivity index (χ4v) is 5.95. The summed E-state index contributed by atoms with van der Waals surface area (Å²) in [5, 5.41) is 2.01. The molecule has 1 aromatic heterocycles. The summed E-state index contributed by atoms with van der Waals surface area (Å²) in [6, 6.07) is 4.02. The second-order valence-corrected chi connectivity index (χ2v) is 9.90. The van der Waals surface area contributed by atoms with Gasteiger partial charge in [0.2, 0.25) is 5.91 Å². The summed E-state index contributed by atoms with van der Waals surface area (Å²) in [4.78, 5) is 15.4. The lowest BCUT2D eigenvalue weighted by atomic mass is 10.2. The molecule has 0 radical (unpaired) electrons. The Bertz CT molecular complexity index is 690. The Kier molecular flexibility index (Phi) is 6.34. The molecule has 146 valence electrons. The fraction of sp³-hybridized carbons (Fsp3) is 0.706. The van der Waals surface area contributed by atoms with Crippen LogP contribution >= 0.6 is 11.3 Å². The Balaban J connectivity index is 1.51. The summed E-state index contributed by atoms with van der Waals surface area (Å²) in [7, 11) is -3.50. The van der Waals surface area contributed by atoms with Crippen LogP contribution in [0.3, 0.4) is 0 Å². The van der Waals surface area contributed by atoms with Crippen LogP contribution in [0.25, 0.3) is 0 Å². The molecule has 26 heavy (non-hydrogen) atoms. The Morgan fingerprint density at radius 2 is 1.81 bits per heavy atom. The van der Waals surface area contributed by atoms with Gasteiger partial charge >= 0.3 is 0 Å². The van der Waals surface area contributed by atoms with E-state index in [-0.39, 0.29) is 18.1 Å². The lowest BCUT2D eigenvalue weighted by Gasteiger charge is -2.40. The van der Waals surface area contributed by atoms with Gasteiger partial charge in [0, 0.05) is 50.6 Å². The van der Waals surface area contributed by atoms with Crippen LogP contribution in [0.2, 0.25) is 0 Å². The van der Waals surface area contributed by atoms with Gasteiger partial charge in [0.05, 0.1) is 12.2 Å². The first-order valence-electron chi connectivity index (χ1n) is 9.07. The quantitative estimate of drug-likeness (QED) is 0.743. The van der Waals surface area contributed by atoms with Gasteiger partial charge in [-0.05, 0) is 31.7 Å². The van der Waals surface area contributed by atoms with Gasteiger partial charge in [-0.15, -0.1) is 11.3 Å². The maximum Gasteiger partial charge on any atom is 0.282 e. The van der Waals surface area contributed by atoms with Crippen LogP contribution < -0.4 is 0 Å². The molecule has 3 rings (SSSR count).